The third kappa shape index (κ3) is 2.79. The van der Waals surface area contributed by atoms with Crippen molar-refractivity contribution in [2.45, 2.75) is 19.8 Å². The molecule has 0 saturated carbocycles. The average molecular weight is 283 g/mol. The summed E-state index contributed by atoms with van der Waals surface area (Å²) in [7, 11) is 0. The third-order valence-corrected chi connectivity index (χ3v) is 3.68. The van der Waals surface area contributed by atoms with Gasteiger partial charge in [0.2, 0.25) is 5.91 Å². The molecule has 1 aliphatic rings. The molecule has 4 nitrogen and oxygen atoms in total. The number of benzene rings is 1. The molecule has 1 aliphatic heterocycles. The van der Waals surface area contributed by atoms with Crippen LogP contribution in [-0.4, -0.2) is 35.0 Å². The second-order valence-electron chi connectivity index (χ2n) is 5.36. The Kier molecular flexibility index (Phi) is 3.74. The molecule has 1 aromatic carbocycles. The maximum absolute atomic E-state index is 13.1. The SMILES string of the molecule is CC1(C(=O)O)CCN(C(=O)Cc2ccc(F)c(F)c2)C1. The standard InChI is InChI=1S/C14H15F2NO3/c1-14(13(19)20)4-5-17(8-14)12(18)7-9-2-3-10(15)11(16)6-9/h2-3,6H,4-5,7-8H2,1H3,(H,19,20). The largest absolute Gasteiger partial charge is 0.481 e. The highest BCUT2D eigenvalue weighted by atomic mass is 19.2. The number of nitrogens with zero attached hydrogens (tertiary/aromatic N) is 1. The van der Waals surface area contributed by atoms with E-state index in [-0.39, 0.29) is 18.9 Å². The summed E-state index contributed by atoms with van der Waals surface area (Å²) in [5.41, 5.74) is -0.554. The van der Waals surface area contributed by atoms with Gasteiger partial charge in [-0.05, 0) is 31.0 Å². The fourth-order valence-corrected chi connectivity index (χ4v) is 2.28. The zero-order valence-corrected chi connectivity index (χ0v) is 11.0. The van der Waals surface area contributed by atoms with Gasteiger partial charge in [-0.2, -0.15) is 0 Å². The number of aliphatic carboxylic acids is 1. The van der Waals surface area contributed by atoms with Crippen LogP contribution in [0.2, 0.25) is 0 Å². The Morgan fingerprint density at radius 3 is 2.60 bits per heavy atom. The molecule has 0 bridgehead atoms. The number of carbonyl (C=O) groups is 2. The molecule has 20 heavy (non-hydrogen) atoms. The summed E-state index contributed by atoms with van der Waals surface area (Å²) in [6, 6.07) is 3.31. The van der Waals surface area contributed by atoms with Gasteiger partial charge in [-0.3, -0.25) is 9.59 Å². The minimum absolute atomic E-state index is 0.0626. The van der Waals surface area contributed by atoms with Gasteiger partial charge < -0.3 is 10.0 Å². The van der Waals surface area contributed by atoms with Crippen LogP contribution in [0.1, 0.15) is 18.9 Å². The van der Waals surface area contributed by atoms with Crippen molar-refractivity contribution in [1.29, 1.82) is 0 Å². The summed E-state index contributed by atoms with van der Waals surface area (Å²) >= 11 is 0. The lowest BCUT2D eigenvalue weighted by Gasteiger charge is -2.20. The number of amides is 1. The molecule has 0 aliphatic carbocycles. The number of likely N-dealkylation sites (tertiary alicyclic amines) is 1. The van der Waals surface area contributed by atoms with E-state index in [0.717, 1.165) is 12.1 Å². The van der Waals surface area contributed by atoms with Crippen LogP contribution in [0.15, 0.2) is 18.2 Å². The van der Waals surface area contributed by atoms with Gasteiger partial charge in [0.05, 0.1) is 11.8 Å². The maximum atomic E-state index is 13.1. The number of halogens is 2. The molecule has 1 fully saturated rings. The Bertz CT molecular complexity index is 561. The van der Waals surface area contributed by atoms with Crippen molar-refractivity contribution in [3.63, 3.8) is 0 Å². The van der Waals surface area contributed by atoms with E-state index >= 15 is 0 Å². The first kappa shape index (κ1) is 14.4. The monoisotopic (exact) mass is 283 g/mol. The normalized spacial score (nSPS) is 22.1. The fraction of sp³-hybridized carbons (Fsp3) is 0.429. The summed E-state index contributed by atoms with van der Waals surface area (Å²) in [5.74, 6) is -3.16. The molecule has 1 saturated heterocycles. The van der Waals surface area contributed by atoms with Crippen molar-refractivity contribution in [1.82, 2.24) is 4.90 Å². The van der Waals surface area contributed by atoms with Crippen LogP contribution in [0.5, 0.6) is 0 Å². The van der Waals surface area contributed by atoms with Gasteiger partial charge in [0, 0.05) is 13.1 Å². The minimum atomic E-state index is -0.993. The average Bonchev–Trinajstić information content (AvgIpc) is 2.78. The number of carbonyl (C=O) groups excluding carboxylic acids is 1. The highest BCUT2D eigenvalue weighted by Gasteiger charge is 2.41. The maximum Gasteiger partial charge on any atom is 0.311 e. The Balaban J connectivity index is 2.03. The molecule has 1 N–H and O–H groups in total. The van der Waals surface area contributed by atoms with Crippen molar-refractivity contribution >= 4 is 11.9 Å². The van der Waals surface area contributed by atoms with Crippen molar-refractivity contribution in [3.8, 4) is 0 Å². The molecule has 1 amide bonds. The third-order valence-electron chi connectivity index (χ3n) is 3.68. The highest BCUT2D eigenvalue weighted by molar-refractivity contribution is 5.82. The van der Waals surface area contributed by atoms with Crippen molar-refractivity contribution in [2.24, 2.45) is 5.41 Å². The quantitative estimate of drug-likeness (QED) is 0.920. The Hall–Kier alpha value is -1.98. The number of rotatable bonds is 3. The predicted octanol–water partition coefficient (Wildman–Crippen LogP) is 1.83. The van der Waals surface area contributed by atoms with Crippen molar-refractivity contribution < 1.29 is 23.5 Å². The summed E-state index contributed by atoms with van der Waals surface area (Å²) in [4.78, 5) is 24.6. The van der Waals surface area contributed by atoms with Gasteiger partial charge in [-0.25, -0.2) is 8.78 Å². The first-order valence-electron chi connectivity index (χ1n) is 6.27. The van der Waals surface area contributed by atoms with Gasteiger partial charge in [-0.15, -0.1) is 0 Å². The van der Waals surface area contributed by atoms with E-state index < -0.39 is 23.0 Å². The molecule has 0 spiro atoms. The number of hydrogen-bond donors (Lipinski definition) is 1. The van der Waals surface area contributed by atoms with Crippen LogP contribution in [0.3, 0.4) is 0 Å². The van der Waals surface area contributed by atoms with Gasteiger partial charge in [0.15, 0.2) is 11.6 Å². The Labute approximate surface area is 115 Å². The first-order chi connectivity index (χ1) is 9.32. The van der Waals surface area contributed by atoms with Crippen molar-refractivity contribution in [2.75, 3.05) is 13.1 Å². The fourth-order valence-electron chi connectivity index (χ4n) is 2.28. The zero-order valence-electron chi connectivity index (χ0n) is 11.0. The Morgan fingerprint density at radius 1 is 1.35 bits per heavy atom. The van der Waals surface area contributed by atoms with E-state index in [2.05, 4.69) is 0 Å². The molecular weight excluding hydrogens is 268 g/mol. The zero-order chi connectivity index (χ0) is 14.9. The second kappa shape index (κ2) is 5.19. The smallest absolute Gasteiger partial charge is 0.311 e. The van der Waals surface area contributed by atoms with Crippen molar-refractivity contribution in [3.05, 3.63) is 35.4 Å². The molecule has 1 atom stereocenters. The van der Waals surface area contributed by atoms with Gasteiger partial charge in [-0.1, -0.05) is 6.07 Å². The summed E-state index contributed by atoms with van der Waals surface area (Å²) in [6.07, 6.45) is 0.332. The molecular formula is C14H15F2NO3. The van der Waals surface area contributed by atoms with E-state index in [1.165, 1.54) is 11.0 Å². The predicted molar refractivity (Wildman–Crippen MR) is 67.0 cm³/mol. The van der Waals surface area contributed by atoms with E-state index in [1.807, 2.05) is 0 Å². The lowest BCUT2D eigenvalue weighted by molar-refractivity contribution is -0.147. The Morgan fingerprint density at radius 2 is 2.05 bits per heavy atom. The van der Waals surface area contributed by atoms with E-state index in [4.69, 9.17) is 5.11 Å². The summed E-state index contributed by atoms with van der Waals surface area (Å²) in [5, 5.41) is 9.10. The van der Waals surface area contributed by atoms with Gasteiger partial charge >= 0.3 is 5.97 Å². The topological polar surface area (TPSA) is 57.6 Å². The second-order valence-corrected chi connectivity index (χ2v) is 5.36. The lowest BCUT2D eigenvalue weighted by atomic mass is 9.90. The van der Waals surface area contributed by atoms with Gasteiger partial charge in [0.1, 0.15) is 0 Å². The lowest BCUT2D eigenvalue weighted by Crippen LogP contribution is -2.35. The number of carboxylic acids is 1. The van der Waals surface area contributed by atoms with Crippen LogP contribution in [0.4, 0.5) is 8.78 Å². The van der Waals surface area contributed by atoms with Crippen LogP contribution >= 0.6 is 0 Å². The molecule has 1 unspecified atom stereocenters. The summed E-state index contributed by atoms with van der Waals surface area (Å²) in [6.45, 7) is 2.11. The number of hydrogen-bond acceptors (Lipinski definition) is 2. The first-order valence-corrected chi connectivity index (χ1v) is 6.27. The molecule has 0 aromatic heterocycles. The highest BCUT2D eigenvalue weighted by Crippen LogP contribution is 2.30. The molecule has 6 heteroatoms. The summed E-state index contributed by atoms with van der Waals surface area (Å²) < 4.78 is 25.9. The molecule has 1 aromatic rings. The van der Waals surface area contributed by atoms with Crippen LogP contribution in [-0.2, 0) is 16.0 Å². The van der Waals surface area contributed by atoms with E-state index in [1.54, 1.807) is 6.92 Å². The van der Waals surface area contributed by atoms with Gasteiger partial charge in [0.25, 0.3) is 0 Å². The van der Waals surface area contributed by atoms with Crippen LogP contribution in [0.25, 0.3) is 0 Å². The van der Waals surface area contributed by atoms with E-state index in [9.17, 15) is 18.4 Å². The minimum Gasteiger partial charge on any atom is -0.481 e. The molecule has 2 rings (SSSR count). The molecule has 0 radical (unpaired) electrons. The van der Waals surface area contributed by atoms with Crippen LogP contribution in [0, 0.1) is 17.0 Å². The number of carboxylic acid groups (broad SMARTS) is 1. The van der Waals surface area contributed by atoms with E-state index in [0.29, 0.717) is 18.5 Å². The van der Waals surface area contributed by atoms with Crippen LogP contribution < -0.4 is 0 Å². The molecule has 1 heterocycles. The molecule has 108 valence electrons.